The van der Waals surface area contributed by atoms with Gasteiger partial charge in [-0.05, 0) is 18.9 Å². The molecule has 21 heavy (non-hydrogen) atoms. The lowest BCUT2D eigenvalue weighted by Crippen LogP contribution is -2.31. The number of nitrogens with one attached hydrogen (secondary N) is 1. The molecule has 2 heterocycles. The molecule has 7 heteroatoms. The Morgan fingerprint density at radius 1 is 1.29 bits per heavy atom. The number of nitrogens with two attached hydrogens (primary N) is 1. The van der Waals surface area contributed by atoms with Gasteiger partial charge < -0.3 is 20.4 Å². The molecule has 0 aliphatic carbocycles. The highest BCUT2D eigenvalue weighted by molar-refractivity contribution is 5.80. The van der Waals surface area contributed by atoms with Crippen molar-refractivity contribution in [1.82, 2.24) is 24.8 Å². The zero-order chi connectivity index (χ0) is 15.2. The fraction of sp³-hybridized carbons (Fsp3) is 0.643. The number of ether oxygens (including phenoxy) is 1. The number of aryl methyl sites for hydroxylation is 1. The number of nitrogens with zero attached hydrogens (tertiary/aromatic N) is 4. The summed E-state index contributed by atoms with van der Waals surface area (Å²) < 4.78 is 7.50. The van der Waals surface area contributed by atoms with Gasteiger partial charge in [-0.1, -0.05) is 13.8 Å². The molecule has 0 aromatic carbocycles. The lowest BCUT2D eigenvalue weighted by Gasteiger charge is -2.17. The van der Waals surface area contributed by atoms with E-state index in [4.69, 9.17) is 10.5 Å². The fourth-order valence-corrected chi connectivity index (χ4v) is 2.18. The standard InChI is InChI=1S/C14H24N6O/c1-10(2)6-16-7-11(21-3)4-5-20-9-19-12-13(15)17-8-18-14(12)20/h8-11,16H,4-7H2,1-3H3,(H2,15,17,18). The summed E-state index contributed by atoms with van der Waals surface area (Å²) >= 11 is 0. The van der Waals surface area contributed by atoms with Crippen LogP contribution < -0.4 is 11.1 Å². The molecular formula is C14H24N6O. The first-order chi connectivity index (χ1) is 10.1. The topological polar surface area (TPSA) is 90.9 Å². The molecule has 0 bridgehead atoms. The second-order valence-corrected chi connectivity index (χ2v) is 5.57. The Bertz CT molecular complexity index is 568. The van der Waals surface area contributed by atoms with Crippen LogP contribution in [0.1, 0.15) is 20.3 Å². The highest BCUT2D eigenvalue weighted by atomic mass is 16.5. The minimum atomic E-state index is 0.167. The van der Waals surface area contributed by atoms with Crippen molar-refractivity contribution in [2.75, 3.05) is 25.9 Å². The summed E-state index contributed by atoms with van der Waals surface area (Å²) in [5.74, 6) is 1.06. The zero-order valence-electron chi connectivity index (χ0n) is 12.9. The molecule has 0 saturated carbocycles. The number of nitrogen functional groups attached to an aromatic ring is 1. The fourth-order valence-electron chi connectivity index (χ4n) is 2.18. The van der Waals surface area contributed by atoms with E-state index < -0.39 is 0 Å². The maximum atomic E-state index is 5.78. The minimum Gasteiger partial charge on any atom is -0.382 e. The molecule has 7 nitrogen and oxygen atoms in total. The first-order valence-corrected chi connectivity index (χ1v) is 7.26. The van der Waals surface area contributed by atoms with Crippen molar-refractivity contribution in [2.45, 2.75) is 32.9 Å². The molecule has 0 fully saturated rings. The number of imidazole rings is 1. The van der Waals surface area contributed by atoms with Gasteiger partial charge in [-0.3, -0.25) is 0 Å². The van der Waals surface area contributed by atoms with Gasteiger partial charge >= 0.3 is 0 Å². The largest absolute Gasteiger partial charge is 0.382 e. The molecular weight excluding hydrogens is 268 g/mol. The van der Waals surface area contributed by atoms with Gasteiger partial charge in [-0.2, -0.15) is 0 Å². The third-order valence-corrected chi connectivity index (χ3v) is 3.38. The lowest BCUT2D eigenvalue weighted by atomic mass is 10.2. The van der Waals surface area contributed by atoms with Crippen LogP contribution in [-0.4, -0.2) is 45.8 Å². The van der Waals surface area contributed by atoms with E-state index in [-0.39, 0.29) is 6.10 Å². The van der Waals surface area contributed by atoms with Crippen molar-refractivity contribution in [3.05, 3.63) is 12.7 Å². The molecule has 0 aliphatic heterocycles. The lowest BCUT2D eigenvalue weighted by molar-refractivity contribution is 0.0903. The van der Waals surface area contributed by atoms with Crippen LogP contribution in [0.3, 0.4) is 0 Å². The van der Waals surface area contributed by atoms with Gasteiger partial charge in [0.05, 0.1) is 12.4 Å². The Morgan fingerprint density at radius 2 is 2.10 bits per heavy atom. The van der Waals surface area contributed by atoms with Crippen LogP contribution in [0.5, 0.6) is 0 Å². The van der Waals surface area contributed by atoms with Crippen molar-refractivity contribution in [1.29, 1.82) is 0 Å². The van der Waals surface area contributed by atoms with Crippen molar-refractivity contribution in [3.63, 3.8) is 0 Å². The number of fused-ring (bicyclic) bond motifs is 1. The van der Waals surface area contributed by atoms with E-state index in [1.807, 2.05) is 4.57 Å². The van der Waals surface area contributed by atoms with Crippen molar-refractivity contribution in [3.8, 4) is 0 Å². The Morgan fingerprint density at radius 3 is 2.81 bits per heavy atom. The molecule has 0 amide bonds. The first-order valence-electron chi connectivity index (χ1n) is 7.26. The van der Waals surface area contributed by atoms with E-state index in [1.54, 1.807) is 13.4 Å². The molecule has 3 N–H and O–H groups in total. The van der Waals surface area contributed by atoms with Crippen LogP contribution in [-0.2, 0) is 11.3 Å². The van der Waals surface area contributed by atoms with E-state index in [0.717, 1.165) is 31.7 Å². The van der Waals surface area contributed by atoms with Gasteiger partial charge in [0, 0.05) is 20.2 Å². The second kappa shape index (κ2) is 7.33. The van der Waals surface area contributed by atoms with Gasteiger partial charge in [0.25, 0.3) is 0 Å². The summed E-state index contributed by atoms with van der Waals surface area (Å²) in [4.78, 5) is 12.5. The van der Waals surface area contributed by atoms with E-state index in [0.29, 0.717) is 17.3 Å². The quantitative estimate of drug-likeness (QED) is 0.756. The highest BCUT2D eigenvalue weighted by Gasteiger charge is 2.11. The number of anilines is 1. The molecule has 0 spiro atoms. The Kier molecular flexibility index (Phi) is 5.46. The average Bonchev–Trinajstić information content (AvgIpc) is 2.87. The zero-order valence-corrected chi connectivity index (χ0v) is 12.9. The summed E-state index contributed by atoms with van der Waals surface area (Å²) in [7, 11) is 1.74. The van der Waals surface area contributed by atoms with E-state index in [2.05, 4.69) is 34.1 Å². The highest BCUT2D eigenvalue weighted by Crippen LogP contribution is 2.15. The van der Waals surface area contributed by atoms with E-state index >= 15 is 0 Å². The smallest absolute Gasteiger partial charge is 0.165 e. The first kappa shape index (κ1) is 15.7. The van der Waals surface area contributed by atoms with Crippen LogP contribution in [0.4, 0.5) is 5.82 Å². The third kappa shape index (κ3) is 4.12. The molecule has 0 radical (unpaired) electrons. The maximum Gasteiger partial charge on any atom is 0.165 e. The van der Waals surface area contributed by atoms with Crippen LogP contribution in [0.15, 0.2) is 12.7 Å². The van der Waals surface area contributed by atoms with Crippen LogP contribution in [0, 0.1) is 5.92 Å². The number of rotatable bonds is 8. The summed E-state index contributed by atoms with van der Waals surface area (Å²) in [6.45, 7) is 7.01. The predicted octanol–water partition coefficient (Wildman–Crippen LogP) is 1.06. The summed E-state index contributed by atoms with van der Waals surface area (Å²) in [5.41, 5.74) is 7.21. The number of hydrogen-bond acceptors (Lipinski definition) is 6. The van der Waals surface area contributed by atoms with Gasteiger partial charge in [0.2, 0.25) is 0 Å². The van der Waals surface area contributed by atoms with Crippen molar-refractivity contribution in [2.24, 2.45) is 5.92 Å². The molecule has 0 aliphatic rings. The number of methoxy groups -OCH3 is 1. The summed E-state index contributed by atoms with van der Waals surface area (Å²) in [5, 5.41) is 3.42. The summed E-state index contributed by atoms with van der Waals surface area (Å²) in [6, 6.07) is 0. The molecule has 2 rings (SSSR count). The van der Waals surface area contributed by atoms with Gasteiger partial charge in [0.15, 0.2) is 11.5 Å². The predicted molar refractivity (Wildman–Crippen MR) is 82.9 cm³/mol. The maximum absolute atomic E-state index is 5.78. The van der Waals surface area contributed by atoms with E-state index in [1.165, 1.54) is 6.33 Å². The number of hydrogen-bond donors (Lipinski definition) is 2. The van der Waals surface area contributed by atoms with Gasteiger partial charge in [-0.15, -0.1) is 0 Å². The average molecular weight is 292 g/mol. The van der Waals surface area contributed by atoms with Crippen molar-refractivity contribution >= 4 is 17.0 Å². The van der Waals surface area contributed by atoms with Crippen LogP contribution >= 0.6 is 0 Å². The molecule has 1 atom stereocenters. The Hall–Kier alpha value is -1.73. The molecule has 2 aromatic rings. The minimum absolute atomic E-state index is 0.167. The molecule has 1 unspecified atom stereocenters. The van der Waals surface area contributed by atoms with E-state index in [9.17, 15) is 0 Å². The Labute approximate surface area is 124 Å². The monoisotopic (exact) mass is 292 g/mol. The SMILES string of the molecule is COC(CCn1cnc2c(N)ncnc21)CNCC(C)C. The number of aromatic nitrogens is 4. The third-order valence-electron chi connectivity index (χ3n) is 3.38. The molecule has 2 aromatic heterocycles. The Balaban J connectivity index is 1.92. The molecule has 116 valence electrons. The second-order valence-electron chi connectivity index (χ2n) is 5.57. The van der Waals surface area contributed by atoms with Gasteiger partial charge in [0.1, 0.15) is 11.8 Å². The molecule has 0 saturated heterocycles. The van der Waals surface area contributed by atoms with Gasteiger partial charge in [-0.25, -0.2) is 15.0 Å². The normalized spacial score (nSPS) is 13.1. The van der Waals surface area contributed by atoms with Crippen LogP contribution in [0.25, 0.3) is 11.2 Å². The van der Waals surface area contributed by atoms with Crippen LogP contribution in [0.2, 0.25) is 0 Å². The van der Waals surface area contributed by atoms with Crippen molar-refractivity contribution < 1.29 is 4.74 Å². The summed E-state index contributed by atoms with van der Waals surface area (Å²) in [6.07, 6.45) is 4.27.